The minimum Gasteiger partial charge on any atom is -0.497 e. The van der Waals surface area contributed by atoms with Gasteiger partial charge in [-0.1, -0.05) is 0 Å². The zero-order chi connectivity index (χ0) is 15.9. The molecule has 0 radical (unpaired) electrons. The number of nitrogens with zero attached hydrogens (tertiary/aromatic N) is 1. The van der Waals surface area contributed by atoms with Gasteiger partial charge in [-0.25, -0.2) is 0 Å². The van der Waals surface area contributed by atoms with Crippen molar-refractivity contribution in [1.82, 2.24) is 0 Å². The SMILES string of the molecule is COc1ccc(NC(=O)/C=C/c2ccc([N+](=O)[O-])cc2)cc1. The number of hydrogen-bond donors (Lipinski definition) is 1. The number of carbonyl (C=O) groups excluding carboxylic acids is 1. The molecule has 0 fully saturated rings. The van der Waals surface area contributed by atoms with Crippen molar-refractivity contribution in [3.63, 3.8) is 0 Å². The lowest BCUT2D eigenvalue weighted by molar-refractivity contribution is -0.384. The molecule has 2 aromatic rings. The molecule has 0 aliphatic heterocycles. The topological polar surface area (TPSA) is 81.5 Å². The maximum atomic E-state index is 11.8. The van der Waals surface area contributed by atoms with Crippen LogP contribution in [-0.4, -0.2) is 17.9 Å². The monoisotopic (exact) mass is 298 g/mol. The standard InChI is InChI=1S/C16H14N2O4/c1-22-15-9-5-13(6-10-15)17-16(19)11-4-12-2-7-14(8-3-12)18(20)21/h2-11H,1H3,(H,17,19)/b11-4+. The van der Waals surface area contributed by atoms with Gasteiger partial charge in [0.15, 0.2) is 0 Å². The van der Waals surface area contributed by atoms with Gasteiger partial charge in [-0.05, 0) is 48.0 Å². The minimum atomic E-state index is -0.468. The predicted molar refractivity (Wildman–Crippen MR) is 83.8 cm³/mol. The molecule has 2 rings (SSSR count). The highest BCUT2D eigenvalue weighted by molar-refractivity contribution is 6.01. The van der Waals surface area contributed by atoms with Crippen molar-refractivity contribution in [3.8, 4) is 5.75 Å². The lowest BCUT2D eigenvalue weighted by atomic mass is 10.2. The highest BCUT2D eigenvalue weighted by Gasteiger charge is 2.03. The van der Waals surface area contributed by atoms with E-state index in [4.69, 9.17) is 4.74 Å². The van der Waals surface area contributed by atoms with Gasteiger partial charge >= 0.3 is 0 Å². The first-order valence-corrected chi connectivity index (χ1v) is 6.46. The summed E-state index contributed by atoms with van der Waals surface area (Å²) < 4.78 is 5.03. The van der Waals surface area contributed by atoms with Crippen LogP contribution in [0.2, 0.25) is 0 Å². The second kappa shape index (κ2) is 7.03. The van der Waals surface area contributed by atoms with E-state index in [9.17, 15) is 14.9 Å². The molecule has 6 heteroatoms. The molecular formula is C16H14N2O4. The fourth-order valence-corrected chi connectivity index (χ4v) is 1.74. The summed E-state index contributed by atoms with van der Waals surface area (Å²) in [5.41, 5.74) is 1.37. The zero-order valence-electron chi connectivity index (χ0n) is 11.9. The summed E-state index contributed by atoms with van der Waals surface area (Å²) in [4.78, 5) is 21.9. The molecule has 112 valence electrons. The summed E-state index contributed by atoms with van der Waals surface area (Å²) in [6.45, 7) is 0. The van der Waals surface area contributed by atoms with Crippen LogP contribution in [0.15, 0.2) is 54.6 Å². The Balaban J connectivity index is 1.96. The van der Waals surface area contributed by atoms with Crippen LogP contribution in [0.5, 0.6) is 5.75 Å². The van der Waals surface area contributed by atoms with E-state index < -0.39 is 4.92 Å². The molecule has 0 aromatic heterocycles. The number of amides is 1. The number of nitrogens with one attached hydrogen (secondary N) is 1. The molecule has 22 heavy (non-hydrogen) atoms. The van der Waals surface area contributed by atoms with Crippen molar-refractivity contribution in [1.29, 1.82) is 0 Å². The Morgan fingerprint density at radius 1 is 1.14 bits per heavy atom. The molecule has 0 unspecified atom stereocenters. The van der Waals surface area contributed by atoms with Gasteiger partial charge in [0, 0.05) is 23.9 Å². The second-order valence-electron chi connectivity index (χ2n) is 4.40. The summed E-state index contributed by atoms with van der Waals surface area (Å²) in [5, 5.41) is 13.2. The van der Waals surface area contributed by atoms with Crippen LogP contribution in [0.4, 0.5) is 11.4 Å². The lowest BCUT2D eigenvalue weighted by Gasteiger charge is -2.03. The molecule has 6 nitrogen and oxygen atoms in total. The Kier molecular flexibility index (Phi) is 4.87. The van der Waals surface area contributed by atoms with Crippen LogP contribution in [-0.2, 0) is 4.79 Å². The fourth-order valence-electron chi connectivity index (χ4n) is 1.74. The number of benzene rings is 2. The Labute approximate surface area is 127 Å². The molecule has 0 bridgehead atoms. The first kappa shape index (κ1) is 15.2. The highest BCUT2D eigenvalue weighted by Crippen LogP contribution is 2.15. The van der Waals surface area contributed by atoms with Gasteiger partial charge in [0.2, 0.25) is 5.91 Å². The Morgan fingerprint density at radius 3 is 2.32 bits per heavy atom. The van der Waals surface area contributed by atoms with Crippen molar-refractivity contribution in [2.75, 3.05) is 12.4 Å². The van der Waals surface area contributed by atoms with Crippen molar-refractivity contribution < 1.29 is 14.5 Å². The van der Waals surface area contributed by atoms with Crippen LogP contribution in [0.25, 0.3) is 6.08 Å². The van der Waals surface area contributed by atoms with E-state index in [2.05, 4.69) is 5.32 Å². The third-order valence-corrected chi connectivity index (χ3v) is 2.89. The minimum absolute atomic E-state index is 0.0137. The number of methoxy groups -OCH3 is 1. The van der Waals surface area contributed by atoms with Crippen molar-refractivity contribution in [2.24, 2.45) is 0 Å². The van der Waals surface area contributed by atoms with E-state index in [-0.39, 0.29) is 11.6 Å². The van der Waals surface area contributed by atoms with Crippen LogP contribution in [0, 0.1) is 10.1 Å². The van der Waals surface area contributed by atoms with E-state index in [1.54, 1.807) is 49.6 Å². The van der Waals surface area contributed by atoms with Crippen molar-refractivity contribution in [2.45, 2.75) is 0 Å². The molecule has 0 saturated carbocycles. The van der Waals surface area contributed by atoms with Gasteiger partial charge in [-0.2, -0.15) is 0 Å². The number of nitro benzene ring substituents is 1. The molecule has 0 saturated heterocycles. The van der Waals surface area contributed by atoms with E-state index in [0.29, 0.717) is 17.0 Å². The number of nitro groups is 1. The van der Waals surface area contributed by atoms with Gasteiger partial charge in [-0.3, -0.25) is 14.9 Å². The average Bonchev–Trinajstić information content (AvgIpc) is 2.54. The largest absolute Gasteiger partial charge is 0.497 e. The van der Waals surface area contributed by atoms with Crippen LogP contribution in [0.1, 0.15) is 5.56 Å². The molecule has 0 heterocycles. The summed E-state index contributed by atoms with van der Waals surface area (Å²) in [5.74, 6) is 0.419. The van der Waals surface area contributed by atoms with Gasteiger partial charge in [0.25, 0.3) is 5.69 Å². The normalized spacial score (nSPS) is 10.4. The fraction of sp³-hybridized carbons (Fsp3) is 0.0625. The molecule has 0 atom stereocenters. The van der Waals surface area contributed by atoms with Crippen molar-refractivity contribution in [3.05, 3.63) is 70.3 Å². The van der Waals surface area contributed by atoms with E-state index in [1.165, 1.54) is 18.2 Å². The summed E-state index contributed by atoms with van der Waals surface area (Å²) in [6, 6.07) is 12.9. The Morgan fingerprint density at radius 2 is 1.77 bits per heavy atom. The van der Waals surface area contributed by atoms with Crippen LogP contribution >= 0.6 is 0 Å². The summed E-state index contributed by atoms with van der Waals surface area (Å²) in [6.07, 6.45) is 2.95. The van der Waals surface area contributed by atoms with Gasteiger partial charge in [-0.15, -0.1) is 0 Å². The number of ether oxygens (including phenoxy) is 1. The molecule has 1 amide bonds. The molecule has 0 spiro atoms. The highest BCUT2D eigenvalue weighted by atomic mass is 16.6. The maximum Gasteiger partial charge on any atom is 0.269 e. The first-order valence-electron chi connectivity index (χ1n) is 6.46. The van der Waals surface area contributed by atoms with E-state index in [0.717, 1.165) is 0 Å². The van der Waals surface area contributed by atoms with E-state index >= 15 is 0 Å². The van der Waals surface area contributed by atoms with Crippen LogP contribution < -0.4 is 10.1 Å². The lowest BCUT2D eigenvalue weighted by Crippen LogP contribution is -2.07. The van der Waals surface area contributed by atoms with Gasteiger partial charge in [0.05, 0.1) is 12.0 Å². The summed E-state index contributed by atoms with van der Waals surface area (Å²) >= 11 is 0. The Bertz CT molecular complexity index is 691. The third kappa shape index (κ3) is 4.17. The molecular weight excluding hydrogens is 284 g/mol. The molecule has 2 aromatic carbocycles. The quantitative estimate of drug-likeness (QED) is 0.522. The predicted octanol–water partition coefficient (Wildman–Crippen LogP) is 3.26. The van der Waals surface area contributed by atoms with Crippen molar-refractivity contribution >= 4 is 23.4 Å². The summed E-state index contributed by atoms with van der Waals surface area (Å²) in [7, 11) is 1.57. The average molecular weight is 298 g/mol. The number of rotatable bonds is 5. The Hall–Kier alpha value is -3.15. The smallest absolute Gasteiger partial charge is 0.269 e. The number of non-ortho nitro benzene ring substituents is 1. The third-order valence-electron chi connectivity index (χ3n) is 2.89. The number of carbonyl (C=O) groups is 1. The number of anilines is 1. The van der Waals surface area contributed by atoms with Gasteiger partial charge in [0.1, 0.15) is 5.75 Å². The van der Waals surface area contributed by atoms with Crippen LogP contribution in [0.3, 0.4) is 0 Å². The van der Waals surface area contributed by atoms with Gasteiger partial charge < -0.3 is 10.1 Å². The van der Waals surface area contributed by atoms with E-state index in [1.807, 2.05) is 0 Å². The second-order valence-corrected chi connectivity index (χ2v) is 4.40. The molecule has 1 N–H and O–H groups in total. The zero-order valence-corrected chi connectivity index (χ0v) is 11.9. The maximum absolute atomic E-state index is 11.8. The molecule has 0 aliphatic carbocycles. The molecule has 0 aliphatic rings. The number of hydrogen-bond acceptors (Lipinski definition) is 4. The first-order chi connectivity index (χ1) is 10.6.